The highest BCUT2D eigenvalue weighted by Gasteiger charge is 2.11. The molecule has 14 heavy (non-hydrogen) atoms. The van der Waals surface area contributed by atoms with Gasteiger partial charge >= 0.3 is 0 Å². The number of rotatable bonds is 8. The van der Waals surface area contributed by atoms with Crippen molar-refractivity contribution >= 4 is 0 Å². The average molecular weight is 200 g/mol. The van der Waals surface area contributed by atoms with Crippen LogP contribution in [0.1, 0.15) is 33.6 Å². The van der Waals surface area contributed by atoms with Crippen LogP contribution >= 0.6 is 0 Å². The van der Waals surface area contributed by atoms with Gasteiger partial charge in [-0.05, 0) is 38.9 Å². The molecule has 0 aliphatic heterocycles. The SMILES string of the molecule is CCCC(CNCCN(C)C)C(C)C. The summed E-state index contributed by atoms with van der Waals surface area (Å²) in [7, 11) is 4.24. The van der Waals surface area contributed by atoms with Crippen molar-refractivity contribution in [3.8, 4) is 0 Å². The van der Waals surface area contributed by atoms with Crippen LogP contribution < -0.4 is 5.32 Å². The van der Waals surface area contributed by atoms with Gasteiger partial charge in [0, 0.05) is 13.1 Å². The zero-order chi connectivity index (χ0) is 11.0. The molecule has 0 spiro atoms. The smallest absolute Gasteiger partial charge is 0.0101 e. The van der Waals surface area contributed by atoms with Gasteiger partial charge in [0.25, 0.3) is 0 Å². The van der Waals surface area contributed by atoms with E-state index in [0.717, 1.165) is 24.9 Å². The first-order chi connectivity index (χ1) is 6.57. The molecular formula is C12H28N2. The van der Waals surface area contributed by atoms with Gasteiger partial charge in [-0.1, -0.05) is 27.2 Å². The van der Waals surface area contributed by atoms with Crippen molar-refractivity contribution in [1.29, 1.82) is 0 Å². The van der Waals surface area contributed by atoms with Crippen LogP contribution in [0, 0.1) is 11.8 Å². The minimum atomic E-state index is 0.807. The van der Waals surface area contributed by atoms with Crippen LogP contribution in [0.3, 0.4) is 0 Å². The fourth-order valence-corrected chi connectivity index (χ4v) is 1.63. The van der Waals surface area contributed by atoms with Crippen molar-refractivity contribution in [3.05, 3.63) is 0 Å². The third-order valence-electron chi connectivity index (χ3n) is 2.74. The molecule has 0 saturated carbocycles. The van der Waals surface area contributed by atoms with Gasteiger partial charge in [-0.3, -0.25) is 0 Å². The first kappa shape index (κ1) is 13.9. The molecule has 1 N–H and O–H groups in total. The Morgan fingerprint density at radius 2 is 1.86 bits per heavy atom. The molecule has 0 bridgehead atoms. The highest BCUT2D eigenvalue weighted by atomic mass is 15.1. The van der Waals surface area contributed by atoms with Crippen molar-refractivity contribution in [3.63, 3.8) is 0 Å². The van der Waals surface area contributed by atoms with E-state index in [1.807, 2.05) is 0 Å². The van der Waals surface area contributed by atoms with Crippen LogP contribution in [0.5, 0.6) is 0 Å². The van der Waals surface area contributed by atoms with Crippen molar-refractivity contribution in [1.82, 2.24) is 10.2 Å². The molecule has 0 saturated heterocycles. The topological polar surface area (TPSA) is 15.3 Å². The van der Waals surface area contributed by atoms with Crippen LogP contribution in [-0.4, -0.2) is 38.6 Å². The normalized spacial score (nSPS) is 13.9. The quantitative estimate of drug-likeness (QED) is 0.604. The predicted molar refractivity (Wildman–Crippen MR) is 64.7 cm³/mol. The maximum absolute atomic E-state index is 3.54. The van der Waals surface area contributed by atoms with E-state index in [1.54, 1.807) is 0 Å². The molecule has 0 fully saturated rings. The van der Waals surface area contributed by atoms with Crippen molar-refractivity contribution in [2.24, 2.45) is 11.8 Å². The van der Waals surface area contributed by atoms with E-state index in [-0.39, 0.29) is 0 Å². The van der Waals surface area contributed by atoms with E-state index in [0.29, 0.717) is 0 Å². The molecule has 1 atom stereocenters. The highest BCUT2D eigenvalue weighted by Crippen LogP contribution is 2.15. The molecule has 2 nitrogen and oxygen atoms in total. The zero-order valence-corrected chi connectivity index (χ0v) is 10.6. The standard InChI is InChI=1S/C12H28N2/c1-6-7-12(11(2)3)10-13-8-9-14(4)5/h11-13H,6-10H2,1-5H3. The average Bonchev–Trinajstić information content (AvgIpc) is 2.09. The summed E-state index contributed by atoms with van der Waals surface area (Å²) in [6.07, 6.45) is 2.66. The molecule has 0 aromatic carbocycles. The molecule has 0 rings (SSSR count). The predicted octanol–water partition coefficient (Wildman–Crippen LogP) is 2.21. The lowest BCUT2D eigenvalue weighted by molar-refractivity contribution is 0.325. The molecule has 0 aliphatic carbocycles. The Morgan fingerprint density at radius 1 is 1.21 bits per heavy atom. The van der Waals surface area contributed by atoms with Gasteiger partial charge < -0.3 is 10.2 Å². The number of hydrogen-bond acceptors (Lipinski definition) is 2. The third kappa shape index (κ3) is 7.34. The van der Waals surface area contributed by atoms with E-state index in [4.69, 9.17) is 0 Å². The van der Waals surface area contributed by atoms with E-state index in [1.165, 1.54) is 19.4 Å². The summed E-state index contributed by atoms with van der Waals surface area (Å²) in [6.45, 7) is 10.4. The number of likely N-dealkylation sites (N-methyl/N-ethyl adjacent to an activating group) is 1. The van der Waals surface area contributed by atoms with E-state index in [9.17, 15) is 0 Å². The largest absolute Gasteiger partial charge is 0.315 e. The summed E-state index contributed by atoms with van der Waals surface area (Å²) < 4.78 is 0. The van der Waals surface area contributed by atoms with E-state index in [2.05, 4.69) is 45.1 Å². The Hall–Kier alpha value is -0.0800. The van der Waals surface area contributed by atoms with Gasteiger partial charge in [0.1, 0.15) is 0 Å². The Morgan fingerprint density at radius 3 is 2.29 bits per heavy atom. The summed E-state index contributed by atoms with van der Waals surface area (Å²) in [5.41, 5.74) is 0. The first-order valence-corrected chi connectivity index (χ1v) is 5.93. The van der Waals surface area contributed by atoms with E-state index >= 15 is 0 Å². The summed E-state index contributed by atoms with van der Waals surface area (Å²) in [5, 5.41) is 3.54. The molecule has 2 heteroatoms. The van der Waals surface area contributed by atoms with Crippen molar-refractivity contribution in [2.45, 2.75) is 33.6 Å². The first-order valence-electron chi connectivity index (χ1n) is 5.93. The van der Waals surface area contributed by atoms with Crippen LogP contribution in [0.2, 0.25) is 0 Å². The van der Waals surface area contributed by atoms with Gasteiger partial charge in [-0.2, -0.15) is 0 Å². The highest BCUT2D eigenvalue weighted by molar-refractivity contribution is 4.65. The fourth-order valence-electron chi connectivity index (χ4n) is 1.63. The number of hydrogen-bond donors (Lipinski definition) is 1. The lowest BCUT2D eigenvalue weighted by Crippen LogP contribution is -2.32. The second-order valence-corrected chi connectivity index (χ2v) is 4.80. The van der Waals surface area contributed by atoms with Crippen LogP contribution in [0.25, 0.3) is 0 Å². The fraction of sp³-hybridized carbons (Fsp3) is 1.00. The summed E-state index contributed by atoms with van der Waals surface area (Å²) >= 11 is 0. The molecule has 0 radical (unpaired) electrons. The Kier molecular flexibility index (Phi) is 8.20. The zero-order valence-electron chi connectivity index (χ0n) is 10.6. The number of nitrogens with zero attached hydrogens (tertiary/aromatic N) is 1. The van der Waals surface area contributed by atoms with Gasteiger partial charge in [-0.25, -0.2) is 0 Å². The van der Waals surface area contributed by atoms with Crippen LogP contribution in [0.4, 0.5) is 0 Å². The van der Waals surface area contributed by atoms with Crippen molar-refractivity contribution in [2.75, 3.05) is 33.7 Å². The van der Waals surface area contributed by atoms with Crippen LogP contribution in [-0.2, 0) is 0 Å². The third-order valence-corrected chi connectivity index (χ3v) is 2.74. The minimum Gasteiger partial charge on any atom is -0.315 e. The molecule has 86 valence electrons. The molecule has 0 amide bonds. The van der Waals surface area contributed by atoms with Gasteiger partial charge in [0.05, 0.1) is 0 Å². The summed E-state index contributed by atoms with van der Waals surface area (Å²) in [5.74, 6) is 1.66. The van der Waals surface area contributed by atoms with E-state index < -0.39 is 0 Å². The Bertz CT molecular complexity index is 121. The maximum atomic E-state index is 3.54. The van der Waals surface area contributed by atoms with Gasteiger partial charge in [0.15, 0.2) is 0 Å². The lowest BCUT2D eigenvalue weighted by atomic mass is 9.91. The maximum Gasteiger partial charge on any atom is 0.0101 e. The summed E-state index contributed by atoms with van der Waals surface area (Å²) in [4.78, 5) is 2.22. The van der Waals surface area contributed by atoms with Crippen LogP contribution in [0.15, 0.2) is 0 Å². The number of nitrogens with one attached hydrogen (secondary N) is 1. The Labute approximate surface area is 90.1 Å². The molecule has 0 aromatic rings. The van der Waals surface area contributed by atoms with Crippen molar-refractivity contribution < 1.29 is 0 Å². The Balaban J connectivity index is 3.50. The summed E-state index contributed by atoms with van der Waals surface area (Å²) in [6, 6.07) is 0. The lowest BCUT2D eigenvalue weighted by Gasteiger charge is -2.21. The second-order valence-electron chi connectivity index (χ2n) is 4.80. The molecule has 0 heterocycles. The molecule has 1 unspecified atom stereocenters. The molecule has 0 aromatic heterocycles. The van der Waals surface area contributed by atoms with Gasteiger partial charge in [0.2, 0.25) is 0 Å². The monoisotopic (exact) mass is 200 g/mol. The molecular weight excluding hydrogens is 172 g/mol. The minimum absolute atomic E-state index is 0.807. The second kappa shape index (κ2) is 8.25. The molecule has 0 aliphatic rings. The van der Waals surface area contributed by atoms with Gasteiger partial charge in [-0.15, -0.1) is 0 Å².